The smallest absolute Gasteiger partial charge is 0.251 e. The summed E-state index contributed by atoms with van der Waals surface area (Å²) < 4.78 is 0. The third-order valence-corrected chi connectivity index (χ3v) is 3.75. The predicted octanol–water partition coefficient (Wildman–Crippen LogP) is 1.88. The topological polar surface area (TPSA) is 93.8 Å². The van der Waals surface area contributed by atoms with E-state index in [0.29, 0.717) is 5.56 Å². The fourth-order valence-electron chi connectivity index (χ4n) is 2.54. The number of rotatable bonds is 4. The van der Waals surface area contributed by atoms with Crippen LogP contribution in [-0.4, -0.2) is 31.2 Å². The molecule has 6 nitrogen and oxygen atoms in total. The molecule has 0 bridgehead atoms. The first-order valence-electron chi connectivity index (χ1n) is 7.92. The Labute approximate surface area is 146 Å². The maximum atomic E-state index is 11.5. The van der Waals surface area contributed by atoms with Crippen molar-refractivity contribution in [1.29, 1.82) is 0 Å². The van der Waals surface area contributed by atoms with Gasteiger partial charge in [0.2, 0.25) is 6.41 Å². The minimum Gasteiger partial charge on any atom is -0.391 e. The van der Waals surface area contributed by atoms with E-state index in [1.807, 2.05) is 30.3 Å². The molecule has 6 heteroatoms. The van der Waals surface area contributed by atoms with Crippen LogP contribution < -0.4 is 11.1 Å². The number of carbonyl (C=O) groups is 2. The maximum absolute atomic E-state index is 11.5. The van der Waals surface area contributed by atoms with Gasteiger partial charge in [-0.15, -0.1) is 0 Å². The summed E-state index contributed by atoms with van der Waals surface area (Å²) in [5, 5.41) is 6.81. The first-order chi connectivity index (χ1) is 12.2. The highest BCUT2D eigenvalue weighted by Crippen LogP contribution is 2.20. The second-order valence-electron chi connectivity index (χ2n) is 5.45. The lowest BCUT2D eigenvalue weighted by Crippen LogP contribution is -2.17. The molecule has 0 spiro atoms. The summed E-state index contributed by atoms with van der Waals surface area (Å²) in [5.41, 5.74) is 8.00. The number of nitrogens with zero attached hydrogens (tertiary/aromatic N) is 1. The number of oxime groups is 1. The minimum absolute atomic E-state index is 0.0796. The molecule has 1 aliphatic heterocycles. The third-order valence-electron chi connectivity index (χ3n) is 3.75. The molecule has 0 saturated carbocycles. The van der Waals surface area contributed by atoms with Crippen molar-refractivity contribution < 1.29 is 14.4 Å². The molecule has 1 unspecified atom stereocenters. The van der Waals surface area contributed by atoms with Gasteiger partial charge in [0.1, 0.15) is 6.10 Å². The van der Waals surface area contributed by atoms with E-state index in [1.165, 1.54) is 5.56 Å². The molecule has 0 saturated heterocycles. The number of hydrogen-bond donors (Lipinski definition) is 2. The zero-order chi connectivity index (χ0) is 18.1. The average molecular weight is 339 g/mol. The van der Waals surface area contributed by atoms with Crippen LogP contribution in [0.15, 0.2) is 59.8 Å². The van der Waals surface area contributed by atoms with E-state index < -0.39 is 0 Å². The van der Waals surface area contributed by atoms with Gasteiger partial charge in [-0.25, -0.2) is 0 Å². The third kappa shape index (κ3) is 5.17. The van der Waals surface area contributed by atoms with Crippen molar-refractivity contribution in [1.82, 2.24) is 5.32 Å². The van der Waals surface area contributed by atoms with Crippen LogP contribution in [-0.2, 0) is 16.1 Å². The Kier molecular flexibility index (Phi) is 6.71. The van der Waals surface area contributed by atoms with E-state index in [1.54, 1.807) is 19.2 Å². The summed E-state index contributed by atoms with van der Waals surface area (Å²) in [6.45, 7) is 0. The van der Waals surface area contributed by atoms with Crippen molar-refractivity contribution in [3.05, 3.63) is 71.3 Å². The van der Waals surface area contributed by atoms with Crippen LogP contribution in [0.1, 0.15) is 27.9 Å². The number of primary amides is 1. The predicted molar refractivity (Wildman–Crippen MR) is 96.3 cm³/mol. The molecule has 1 heterocycles. The molecular formula is C19H21N3O3. The Morgan fingerprint density at radius 3 is 2.48 bits per heavy atom. The Hall–Kier alpha value is -3.15. The van der Waals surface area contributed by atoms with Crippen LogP contribution >= 0.6 is 0 Å². The van der Waals surface area contributed by atoms with Gasteiger partial charge in [-0.2, -0.15) is 0 Å². The Morgan fingerprint density at radius 1 is 1.24 bits per heavy atom. The van der Waals surface area contributed by atoms with Crippen LogP contribution in [0.5, 0.6) is 0 Å². The highest BCUT2D eigenvalue weighted by Gasteiger charge is 2.22. The molecular weight excluding hydrogens is 318 g/mol. The number of amides is 2. The highest BCUT2D eigenvalue weighted by atomic mass is 16.6. The zero-order valence-electron chi connectivity index (χ0n) is 14.0. The molecule has 2 aromatic rings. The quantitative estimate of drug-likeness (QED) is 0.833. The first kappa shape index (κ1) is 18.2. The standard InChI is InChI=1S/C18H18N2O2.CH3NO/c1-19-18(21)15-9-7-14(8-10-15)17-12-16(22-20-17)11-13-5-3-2-4-6-13;2-1-3/h2-10,16H,11-12H2,1H3,(H,19,21);1H,(H2,2,3). The Morgan fingerprint density at radius 2 is 1.88 bits per heavy atom. The Bertz CT molecular complexity index is 727. The fourth-order valence-corrected chi connectivity index (χ4v) is 2.54. The lowest BCUT2D eigenvalue weighted by atomic mass is 9.99. The molecule has 0 aliphatic carbocycles. The maximum Gasteiger partial charge on any atom is 0.251 e. The molecule has 0 fully saturated rings. The lowest BCUT2D eigenvalue weighted by Gasteiger charge is -2.07. The van der Waals surface area contributed by atoms with Crippen LogP contribution in [0.25, 0.3) is 0 Å². The molecule has 3 N–H and O–H groups in total. The molecule has 2 amide bonds. The van der Waals surface area contributed by atoms with Crippen LogP contribution in [0.3, 0.4) is 0 Å². The fraction of sp³-hybridized carbons (Fsp3) is 0.211. The van der Waals surface area contributed by atoms with Gasteiger partial charge in [0.25, 0.3) is 5.91 Å². The molecule has 0 aromatic heterocycles. The molecule has 130 valence electrons. The number of nitrogens with two attached hydrogens (primary N) is 1. The van der Waals surface area contributed by atoms with Gasteiger partial charge in [0, 0.05) is 25.5 Å². The number of carbonyl (C=O) groups excluding carboxylic acids is 2. The van der Waals surface area contributed by atoms with E-state index in [0.717, 1.165) is 24.1 Å². The second-order valence-corrected chi connectivity index (χ2v) is 5.45. The molecule has 1 aliphatic rings. The van der Waals surface area contributed by atoms with Crippen LogP contribution in [0.2, 0.25) is 0 Å². The van der Waals surface area contributed by atoms with Gasteiger partial charge < -0.3 is 15.9 Å². The normalized spacial score (nSPS) is 15.2. The summed E-state index contributed by atoms with van der Waals surface area (Å²) >= 11 is 0. The van der Waals surface area contributed by atoms with Crippen molar-refractivity contribution in [2.75, 3.05) is 7.05 Å². The van der Waals surface area contributed by atoms with Gasteiger partial charge in [-0.3, -0.25) is 9.59 Å². The van der Waals surface area contributed by atoms with E-state index in [9.17, 15) is 4.79 Å². The molecule has 0 radical (unpaired) electrons. The largest absolute Gasteiger partial charge is 0.391 e. The van der Waals surface area contributed by atoms with Crippen molar-refractivity contribution in [3.63, 3.8) is 0 Å². The summed E-state index contributed by atoms with van der Waals surface area (Å²) in [4.78, 5) is 25.7. The second kappa shape index (κ2) is 9.22. The van der Waals surface area contributed by atoms with Crippen molar-refractivity contribution in [2.24, 2.45) is 10.9 Å². The SMILES string of the molecule is CNC(=O)c1ccc(C2=NOC(Cc3ccccc3)C2)cc1.NC=O. The van der Waals surface area contributed by atoms with Gasteiger partial charge in [-0.05, 0) is 23.3 Å². The summed E-state index contributed by atoms with van der Waals surface area (Å²) in [7, 11) is 1.62. The van der Waals surface area contributed by atoms with E-state index >= 15 is 0 Å². The zero-order valence-corrected chi connectivity index (χ0v) is 14.0. The molecule has 25 heavy (non-hydrogen) atoms. The number of hydrogen-bond acceptors (Lipinski definition) is 4. The monoisotopic (exact) mass is 339 g/mol. The van der Waals surface area contributed by atoms with Gasteiger partial charge >= 0.3 is 0 Å². The summed E-state index contributed by atoms with van der Waals surface area (Å²) in [6, 6.07) is 17.7. The average Bonchev–Trinajstić information content (AvgIpc) is 3.11. The van der Waals surface area contributed by atoms with Crippen LogP contribution in [0.4, 0.5) is 0 Å². The Balaban J connectivity index is 0.000000701. The number of nitrogens with one attached hydrogen (secondary N) is 1. The van der Waals surface area contributed by atoms with Gasteiger partial charge in [-0.1, -0.05) is 47.6 Å². The number of benzene rings is 2. The highest BCUT2D eigenvalue weighted by molar-refractivity contribution is 6.02. The van der Waals surface area contributed by atoms with Crippen LogP contribution in [0, 0.1) is 0 Å². The lowest BCUT2D eigenvalue weighted by molar-refractivity contribution is -0.106. The van der Waals surface area contributed by atoms with E-state index in [4.69, 9.17) is 9.63 Å². The summed E-state index contributed by atoms with van der Waals surface area (Å²) in [6.07, 6.45) is 1.97. The van der Waals surface area contributed by atoms with E-state index in [2.05, 4.69) is 28.3 Å². The van der Waals surface area contributed by atoms with Crippen molar-refractivity contribution in [2.45, 2.75) is 18.9 Å². The van der Waals surface area contributed by atoms with Gasteiger partial charge in [0.05, 0.1) is 5.71 Å². The molecule has 3 rings (SSSR count). The van der Waals surface area contributed by atoms with Crippen molar-refractivity contribution >= 4 is 18.0 Å². The first-order valence-corrected chi connectivity index (χ1v) is 7.92. The van der Waals surface area contributed by atoms with Gasteiger partial charge in [0.15, 0.2) is 0 Å². The molecule has 1 atom stereocenters. The minimum atomic E-state index is -0.0851. The van der Waals surface area contributed by atoms with Crippen molar-refractivity contribution in [3.8, 4) is 0 Å². The molecule has 2 aromatic carbocycles. The summed E-state index contributed by atoms with van der Waals surface area (Å²) in [5.74, 6) is -0.0851. The van der Waals surface area contributed by atoms with E-state index in [-0.39, 0.29) is 18.4 Å².